The van der Waals surface area contributed by atoms with E-state index in [2.05, 4.69) is 5.32 Å². The summed E-state index contributed by atoms with van der Waals surface area (Å²) < 4.78 is 31.1. The molecule has 2 aromatic carbocycles. The molecule has 1 unspecified atom stereocenters. The van der Waals surface area contributed by atoms with Gasteiger partial charge in [0, 0.05) is 6.54 Å². The molecule has 0 radical (unpaired) electrons. The fourth-order valence-electron chi connectivity index (χ4n) is 2.18. The third-order valence-electron chi connectivity index (χ3n) is 3.52. The van der Waals surface area contributed by atoms with Crippen molar-refractivity contribution in [2.45, 2.75) is 13.0 Å². The zero-order valence-corrected chi connectivity index (χ0v) is 13.2. The van der Waals surface area contributed by atoms with Gasteiger partial charge in [0.25, 0.3) is 0 Å². The first kappa shape index (κ1) is 18.4. The van der Waals surface area contributed by atoms with Crippen molar-refractivity contribution >= 4 is 12.1 Å². The highest BCUT2D eigenvalue weighted by molar-refractivity contribution is 5.72. The number of aliphatic carboxylic acids is 1. The number of alkyl carbamates (subject to hydrolysis) is 1. The van der Waals surface area contributed by atoms with Crippen LogP contribution in [-0.2, 0) is 22.6 Å². The molecule has 1 amide bonds. The van der Waals surface area contributed by atoms with Gasteiger partial charge in [-0.25, -0.2) is 13.6 Å². The number of carbonyl (C=O) groups is 2. The lowest BCUT2D eigenvalue weighted by Gasteiger charge is -2.14. The Labute approximate surface area is 143 Å². The molecule has 0 saturated heterocycles. The second-order valence-corrected chi connectivity index (χ2v) is 5.43. The molecule has 7 heteroatoms. The van der Waals surface area contributed by atoms with Gasteiger partial charge in [-0.3, -0.25) is 4.79 Å². The fraction of sp³-hybridized carbons (Fsp3) is 0.222. The molecule has 132 valence electrons. The lowest BCUT2D eigenvalue weighted by atomic mass is 9.99. The number of halogens is 2. The summed E-state index contributed by atoms with van der Waals surface area (Å²) in [7, 11) is 0. The molecule has 0 saturated carbocycles. The van der Waals surface area contributed by atoms with Crippen LogP contribution in [0.5, 0.6) is 0 Å². The number of carbonyl (C=O) groups excluding carboxylic acids is 1. The van der Waals surface area contributed by atoms with Crippen LogP contribution in [0.2, 0.25) is 0 Å². The largest absolute Gasteiger partial charge is 0.481 e. The predicted molar refractivity (Wildman–Crippen MR) is 85.8 cm³/mol. The standard InChI is InChI=1S/C18H17F2NO4/c19-15-7-6-13(9-16(15)20)8-14(17(22)23)10-21-18(24)25-11-12-4-2-1-3-5-12/h1-7,9,14H,8,10-11H2,(H,21,24)(H,22,23). The molecule has 0 aliphatic rings. The van der Waals surface area contributed by atoms with E-state index in [9.17, 15) is 23.5 Å². The zero-order valence-electron chi connectivity index (χ0n) is 13.2. The molecule has 25 heavy (non-hydrogen) atoms. The van der Waals surface area contributed by atoms with Crippen molar-refractivity contribution in [3.05, 3.63) is 71.3 Å². The van der Waals surface area contributed by atoms with Crippen molar-refractivity contribution in [3.8, 4) is 0 Å². The van der Waals surface area contributed by atoms with E-state index in [1.807, 2.05) is 6.07 Å². The maximum Gasteiger partial charge on any atom is 0.407 e. The smallest absolute Gasteiger partial charge is 0.407 e. The molecule has 0 aliphatic heterocycles. The number of benzene rings is 2. The van der Waals surface area contributed by atoms with Crippen molar-refractivity contribution in [2.24, 2.45) is 5.92 Å². The Morgan fingerprint density at radius 3 is 2.40 bits per heavy atom. The third kappa shape index (κ3) is 5.87. The van der Waals surface area contributed by atoms with E-state index in [0.29, 0.717) is 5.56 Å². The Hall–Kier alpha value is -2.96. The topological polar surface area (TPSA) is 75.6 Å². The molecule has 1 atom stereocenters. The van der Waals surface area contributed by atoms with Gasteiger partial charge < -0.3 is 15.2 Å². The van der Waals surface area contributed by atoms with Gasteiger partial charge in [-0.2, -0.15) is 0 Å². The third-order valence-corrected chi connectivity index (χ3v) is 3.52. The van der Waals surface area contributed by atoms with Crippen molar-refractivity contribution in [2.75, 3.05) is 6.54 Å². The van der Waals surface area contributed by atoms with E-state index in [0.717, 1.165) is 17.7 Å². The van der Waals surface area contributed by atoms with Crippen LogP contribution < -0.4 is 5.32 Å². The van der Waals surface area contributed by atoms with Gasteiger partial charge in [0.1, 0.15) is 6.61 Å². The lowest BCUT2D eigenvalue weighted by Crippen LogP contribution is -2.34. The van der Waals surface area contributed by atoms with Gasteiger partial charge in [0.05, 0.1) is 5.92 Å². The minimum absolute atomic E-state index is 0.0501. The first-order chi connectivity index (χ1) is 12.0. The fourth-order valence-corrected chi connectivity index (χ4v) is 2.18. The highest BCUT2D eigenvalue weighted by Gasteiger charge is 2.20. The summed E-state index contributed by atoms with van der Waals surface area (Å²) in [6.45, 7) is -0.129. The van der Waals surface area contributed by atoms with E-state index < -0.39 is 29.6 Å². The molecule has 0 spiro atoms. The monoisotopic (exact) mass is 349 g/mol. The minimum Gasteiger partial charge on any atom is -0.481 e. The Kier molecular flexibility index (Phi) is 6.45. The number of hydrogen-bond acceptors (Lipinski definition) is 3. The van der Waals surface area contributed by atoms with Gasteiger partial charge in [-0.1, -0.05) is 36.4 Å². The molecule has 0 fully saturated rings. The van der Waals surface area contributed by atoms with E-state index in [1.165, 1.54) is 6.07 Å². The summed E-state index contributed by atoms with van der Waals surface area (Å²) in [6.07, 6.45) is -0.800. The average Bonchev–Trinajstić information content (AvgIpc) is 2.60. The summed E-state index contributed by atoms with van der Waals surface area (Å²) in [6, 6.07) is 12.2. The van der Waals surface area contributed by atoms with Crippen LogP contribution in [0.4, 0.5) is 13.6 Å². The normalized spacial score (nSPS) is 11.6. The molecule has 2 aromatic rings. The van der Waals surface area contributed by atoms with Crippen LogP contribution in [0.3, 0.4) is 0 Å². The maximum absolute atomic E-state index is 13.2. The summed E-state index contributed by atoms with van der Waals surface area (Å²) in [5, 5.41) is 11.6. The number of rotatable bonds is 7. The quantitative estimate of drug-likeness (QED) is 0.805. The number of nitrogens with one attached hydrogen (secondary N) is 1. The average molecular weight is 349 g/mol. The number of hydrogen-bond donors (Lipinski definition) is 2. The van der Waals surface area contributed by atoms with Crippen molar-refractivity contribution in [1.29, 1.82) is 0 Å². The molecule has 2 N–H and O–H groups in total. The number of amides is 1. The van der Waals surface area contributed by atoms with Crippen LogP contribution in [0.25, 0.3) is 0 Å². The second kappa shape index (κ2) is 8.77. The van der Waals surface area contributed by atoms with E-state index in [4.69, 9.17) is 4.74 Å². The van der Waals surface area contributed by atoms with Crippen molar-refractivity contribution in [3.63, 3.8) is 0 Å². The lowest BCUT2D eigenvalue weighted by molar-refractivity contribution is -0.141. The van der Waals surface area contributed by atoms with E-state index >= 15 is 0 Å². The van der Waals surface area contributed by atoms with Gasteiger partial charge in [-0.15, -0.1) is 0 Å². The Morgan fingerprint density at radius 2 is 1.76 bits per heavy atom. The molecular weight excluding hydrogens is 332 g/mol. The van der Waals surface area contributed by atoms with E-state index in [-0.39, 0.29) is 19.6 Å². The molecule has 2 rings (SSSR count). The molecule has 0 aromatic heterocycles. The molecular formula is C18H17F2NO4. The molecule has 0 heterocycles. The summed E-state index contributed by atoms with van der Waals surface area (Å²) >= 11 is 0. The Morgan fingerprint density at radius 1 is 1.04 bits per heavy atom. The Bertz CT molecular complexity index is 737. The van der Waals surface area contributed by atoms with Gasteiger partial charge in [-0.05, 0) is 29.7 Å². The summed E-state index contributed by atoms with van der Waals surface area (Å²) in [5.74, 6) is -4.20. The molecule has 0 aliphatic carbocycles. The van der Waals surface area contributed by atoms with Crippen LogP contribution in [0, 0.1) is 17.6 Å². The number of carboxylic acids is 1. The van der Waals surface area contributed by atoms with E-state index in [1.54, 1.807) is 24.3 Å². The van der Waals surface area contributed by atoms with Gasteiger partial charge in [0.2, 0.25) is 0 Å². The van der Waals surface area contributed by atoms with Gasteiger partial charge in [0.15, 0.2) is 11.6 Å². The van der Waals surface area contributed by atoms with Crippen LogP contribution in [0.1, 0.15) is 11.1 Å². The maximum atomic E-state index is 13.2. The first-order valence-corrected chi connectivity index (χ1v) is 7.57. The highest BCUT2D eigenvalue weighted by Crippen LogP contribution is 2.13. The van der Waals surface area contributed by atoms with Crippen LogP contribution >= 0.6 is 0 Å². The summed E-state index contributed by atoms with van der Waals surface area (Å²) in [4.78, 5) is 22.9. The van der Waals surface area contributed by atoms with Gasteiger partial charge >= 0.3 is 12.1 Å². The van der Waals surface area contributed by atoms with Crippen LogP contribution in [-0.4, -0.2) is 23.7 Å². The molecule has 5 nitrogen and oxygen atoms in total. The summed E-state index contributed by atoms with van der Waals surface area (Å²) in [5.41, 5.74) is 1.12. The zero-order chi connectivity index (χ0) is 18.2. The highest BCUT2D eigenvalue weighted by atomic mass is 19.2. The SMILES string of the molecule is O=C(NCC(Cc1ccc(F)c(F)c1)C(=O)O)OCc1ccccc1. The minimum atomic E-state index is -1.16. The number of carboxylic acid groups (broad SMARTS) is 1. The predicted octanol–water partition coefficient (Wildman–Crippen LogP) is 3.13. The van der Waals surface area contributed by atoms with Crippen LogP contribution in [0.15, 0.2) is 48.5 Å². The number of ether oxygens (including phenoxy) is 1. The second-order valence-electron chi connectivity index (χ2n) is 5.43. The van der Waals surface area contributed by atoms with Crippen molar-refractivity contribution in [1.82, 2.24) is 5.32 Å². The molecule has 0 bridgehead atoms. The Balaban J connectivity index is 1.85. The first-order valence-electron chi connectivity index (χ1n) is 7.57. The van der Waals surface area contributed by atoms with Crippen molar-refractivity contribution < 1.29 is 28.2 Å².